The molecule has 3 heterocycles. The lowest BCUT2D eigenvalue weighted by molar-refractivity contribution is -0.138. The number of aromatic nitrogens is 1. The molecule has 1 unspecified atom stereocenters. The maximum atomic E-state index is 12.4. The van der Waals surface area contributed by atoms with E-state index in [-0.39, 0.29) is 49.2 Å². The molecule has 0 aromatic carbocycles. The number of morpholine rings is 1. The SMILES string of the molecule is Cl.Cl.Cl.O=C(C1COCCN1)N1CCN(Cc2ccccn2)CC1. The highest BCUT2D eigenvalue weighted by atomic mass is 35.5. The van der Waals surface area contributed by atoms with Crippen LogP contribution < -0.4 is 5.32 Å². The number of hydrogen-bond acceptors (Lipinski definition) is 5. The zero-order valence-electron chi connectivity index (χ0n) is 13.4. The van der Waals surface area contributed by atoms with Crippen LogP contribution in [0.3, 0.4) is 0 Å². The average Bonchev–Trinajstić information content (AvgIpc) is 2.57. The molecule has 138 valence electrons. The molecule has 1 N–H and O–H groups in total. The minimum absolute atomic E-state index is 0. The van der Waals surface area contributed by atoms with E-state index in [9.17, 15) is 4.79 Å². The smallest absolute Gasteiger partial charge is 0.242 e. The molecule has 0 saturated carbocycles. The van der Waals surface area contributed by atoms with Crippen LogP contribution in [-0.4, -0.2) is 72.7 Å². The van der Waals surface area contributed by atoms with Crippen LogP contribution in [-0.2, 0) is 16.1 Å². The summed E-state index contributed by atoms with van der Waals surface area (Å²) in [4.78, 5) is 21.0. The van der Waals surface area contributed by atoms with Crippen LogP contribution in [0.2, 0.25) is 0 Å². The molecular weight excluding hydrogens is 375 g/mol. The van der Waals surface area contributed by atoms with Gasteiger partial charge in [0.25, 0.3) is 0 Å². The molecule has 1 amide bonds. The Bertz CT molecular complexity index is 467. The molecule has 6 nitrogen and oxygen atoms in total. The highest BCUT2D eigenvalue weighted by Gasteiger charge is 2.28. The van der Waals surface area contributed by atoms with Crippen molar-refractivity contribution in [1.82, 2.24) is 20.1 Å². The molecule has 2 aliphatic heterocycles. The molecule has 1 aromatic heterocycles. The number of pyridine rings is 1. The van der Waals surface area contributed by atoms with Crippen molar-refractivity contribution in [3.8, 4) is 0 Å². The Balaban J connectivity index is 0.00000176. The van der Waals surface area contributed by atoms with Crippen LogP contribution in [0.1, 0.15) is 5.69 Å². The fraction of sp³-hybridized carbons (Fsp3) is 0.600. The Morgan fingerprint density at radius 1 is 1.21 bits per heavy atom. The van der Waals surface area contributed by atoms with Gasteiger partial charge in [-0.05, 0) is 12.1 Å². The van der Waals surface area contributed by atoms with Crippen molar-refractivity contribution in [1.29, 1.82) is 0 Å². The van der Waals surface area contributed by atoms with Gasteiger partial charge in [0.15, 0.2) is 0 Å². The first kappa shape index (κ1) is 23.4. The number of halogens is 3. The maximum absolute atomic E-state index is 12.4. The topological polar surface area (TPSA) is 57.7 Å². The summed E-state index contributed by atoms with van der Waals surface area (Å²) in [5.41, 5.74) is 1.08. The zero-order valence-corrected chi connectivity index (χ0v) is 15.9. The van der Waals surface area contributed by atoms with Gasteiger partial charge in [-0.3, -0.25) is 14.7 Å². The molecule has 2 aliphatic rings. The zero-order chi connectivity index (χ0) is 14.5. The molecule has 2 fully saturated rings. The number of rotatable bonds is 3. The van der Waals surface area contributed by atoms with E-state index in [2.05, 4.69) is 15.2 Å². The number of hydrogen-bond donors (Lipinski definition) is 1. The molecule has 1 aromatic rings. The Hall–Kier alpha value is -0.630. The molecule has 1 atom stereocenters. The summed E-state index contributed by atoms with van der Waals surface area (Å²) in [7, 11) is 0. The standard InChI is InChI=1S/C15H22N4O2.3ClH/c20-15(14-12-21-10-5-17-14)19-8-6-18(7-9-19)11-13-3-1-2-4-16-13;;;/h1-4,14,17H,5-12H2;3*1H. The Labute approximate surface area is 161 Å². The largest absolute Gasteiger partial charge is 0.378 e. The van der Waals surface area contributed by atoms with E-state index in [1.807, 2.05) is 29.3 Å². The Morgan fingerprint density at radius 3 is 2.54 bits per heavy atom. The van der Waals surface area contributed by atoms with E-state index < -0.39 is 0 Å². The molecular formula is C15H25Cl3N4O2. The van der Waals surface area contributed by atoms with Crippen molar-refractivity contribution in [2.45, 2.75) is 12.6 Å². The van der Waals surface area contributed by atoms with Gasteiger partial charge in [-0.1, -0.05) is 6.07 Å². The van der Waals surface area contributed by atoms with Gasteiger partial charge in [0.1, 0.15) is 6.04 Å². The van der Waals surface area contributed by atoms with Crippen LogP contribution in [0.5, 0.6) is 0 Å². The van der Waals surface area contributed by atoms with Crippen LogP contribution >= 0.6 is 37.2 Å². The van der Waals surface area contributed by atoms with Crippen LogP contribution in [0.15, 0.2) is 24.4 Å². The van der Waals surface area contributed by atoms with Crippen molar-refractivity contribution >= 4 is 43.1 Å². The fourth-order valence-corrected chi connectivity index (χ4v) is 2.79. The first-order chi connectivity index (χ1) is 10.3. The minimum Gasteiger partial charge on any atom is -0.378 e. The number of ether oxygens (including phenoxy) is 1. The van der Waals surface area contributed by atoms with E-state index in [1.54, 1.807) is 0 Å². The van der Waals surface area contributed by atoms with Crippen molar-refractivity contribution in [3.05, 3.63) is 30.1 Å². The summed E-state index contributed by atoms with van der Waals surface area (Å²) < 4.78 is 5.37. The number of amides is 1. The highest BCUT2D eigenvalue weighted by Crippen LogP contribution is 2.09. The van der Waals surface area contributed by atoms with Crippen molar-refractivity contribution in [3.63, 3.8) is 0 Å². The summed E-state index contributed by atoms with van der Waals surface area (Å²) in [5, 5.41) is 3.23. The number of piperazine rings is 1. The predicted octanol–water partition coefficient (Wildman–Crippen LogP) is 0.980. The second-order valence-electron chi connectivity index (χ2n) is 5.50. The van der Waals surface area contributed by atoms with Gasteiger partial charge in [-0.15, -0.1) is 37.2 Å². The van der Waals surface area contributed by atoms with E-state index in [0.717, 1.165) is 45.0 Å². The summed E-state index contributed by atoms with van der Waals surface area (Å²) in [6.45, 7) is 6.16. The lowest BCUT2D eigenvalue weighted by Gasteiger charge is -2.37. The molecule has 9 heteroatoms. The van der Waals surface area contributed by atoms with E-state index in [0.29, 0.717) is 13.2 Å². The Morgan fingerprint density at radius 2 is 1.96 bits per heavy atom. The van der Waals surface area contributed by atoms with Crippen molar-refractivity contribution in [2.75, 3.05) is 45.9 Å². The normalized spacial score (nSPS) is 21.0. The van der Waals surface area contributed by atoms with Crippen LogP contribution in [0.25, 0.3) is 0 Å². The van der Waals surface area contributed by atoms with Gasteiger partial charge in [-0.2, -0.15) is 0 Å². The summed E-state index contributed by atoms with van der Waals surface area (Å²) >= 11 is 0. The van der Waals surface area contributed by atoms with Gasteiger partial charge in [-0.25, -0.2) is 0 Å². The lowest BCUT2D eigenvalue weighted by atomic mass is 10.2. The molecule has 0 spiro atoms. The van der Waals surface area contributed by atoms with Gasteiger partial charge >= 0.3 is 0 Å². The second kappa shape index (κ2) is 11.8. The van der Waals surface area contributed by atoms with Crippen LogP contribution in [0.4, 0.5) is 0 Å². The van der Waals surface area contributed by atoms with E-state index in [4.69, 9.17) is 4.74 Å². The van der Waals surface area contributed by atoms with Gasteiger partial charge in [0.2, 0.25) is 5.91 Å². The monoisotopic (exact) mass is 398 g/mol. The summed E-state index contributed by atoms with van der Waals surface area (Å²) in [6.07, 6.45) is 1.82. The van der Waals surface area contributed by atoms with Gasteiger partial charge in [0, 0.05) is 45.5 Å². The van der Waals surface area contributed by atoms with E-state index >= 15 is 0 Å². The Kier molecular flexibility index (Phi) is 11.5. The van der Waals surface area contributed by atoms with Gasteiger partial charge in [0.05, 0.1) is 18.9 Å². The van der Waals surface area contributed by atoms with Crippen molar-refractivity contribution < 1.29 is 9.53 Å². The molecule has 3 rings (SSSR count). The third-order valence-corrected chi connectivity index (χ3v) is 4.02. The van der Waals surface area contributed by atoms with Gasteiger partial charge < -0.3 is 15.0 Å². The third-order valence-electron chi connectivity index (χ3n) is 4.02. The third kappa shape index (κ3) is 6.35. The maximum Gasteiger partial charge on any atom is 0.242 e. The first-order valence-electron chi connectivity index (χ1n) is 7.55. The minimum atomic E-state index is -0.166. The molecule has 24 heavy (non-hydrogen) atoms. The van der Waals surface area contributed by atoms with E-state index in [1.165, 1.54) is 0 Å². The number of carbonyl (C=O) groups is 1. The molecule has 0 aliphatic carbocycles. The second-order valence-corrected chi connectivity index (χ2v) is 5.50. The number of nitrogens with zero attached hydrogens (tertiary/aromatic N) is 3. The quantitative estimate of drug-likeness (QED) is 0.821. The predicted molar refractivity (Wildman–Crippen MR) is 100 cm³/mol. The lowest BCUT2D eigenvalue weighted by Crippen LogP contribution is -2.57. The summed E-state index contributed by atoms with van der Waals surface area (Å²) in [5.74, 6) is 0.173. The average molecular weight is 400 g/mol. The number of nitrogens with one attached hydrogen (secondary N) is 1. The van der Waals surface area contributed by atoms with Crippen LogP contribution in [0, 0.1) is 0 Å². The first-order valence-corrected chi connectivity index (χ1v) is 7.55. The molecule has 0 bridgehead atoms. The summed E-state index contributed by atoms with van der Waals surface area (Å²) in [6, 6.07) is 5.82. The fourth-order valence-electron chi connectivity index (χ4n) is 2.79. The molecule has 2 saturated heterocycles. The molecule has 0 radical (unpaired) electrons. The van der Waals surface area contributed by atoms with Crippen molar-refractivity contribution in [2.24, 2.45) is 0 Å². The highest BCUT2D eigenvalue weighted by molar-refractivity contribution is 5.86. The number of carbonyl (C=O) groups excluding carboxylic acids is 1.